The van der Waals surface area contributed by atoms with Gasteiger partial charge < -0.3 is 20.1 Å². The fourth-order valence-electron chi connectivity index (χ4n) is 2.20. The maximum atomic E-state index is 11.9. The Morgan fingerprint density at radius 3 is 2.77 bits per heavy atom. The van der Waals surface area contributed by atoms with Crippen LogP contribution < -0.4 is 15.4 Å². The molecule has 2 amide bonds. The van der Waals surface area contributed by atoms with Crippen LogP contribution in [0.5, 0.6) is 5.75 Å². The van der Waals surface area contributed by atoms with E-state index in [0.29, 0.717) is 24.6 Å². The predicted molar refractivity (Wildman–Crippen MR) is 82.8 cm³/mol. The highest BCUT2D eigenvalue weighted by atomic mass is 16.5. The molecular weight excluding hydrogens is 284 g/mol. The van der Waals surface area contributed by atoms with E-state index in [1.807, 2.05) is 19.9 Å². The predicted octanol–water partition coefficient (Wildman–Crippen LogP) is 1.71. The molecule has 1 heterocycles. The average Bonchev–Trinajstić information content (AvgIpc) is 2.99. The third-order valence-corrected chi connectivity index (χ3v) is 3.22. The number of amides is 2. The van der Waals surface area contributed by atoms with Gasteiger partial charge in [0.1, 0.15) is 5.75 Å². The molecule has 2 rings (SSSR count). The number of hydrogen-bond acceptors (Lipinski definition) is 4. The molecule has 1 aliphatic heterocycles. The number of anilines is 1. The summed E-state index contributed by atoms with van der Waals surface area (Å²) in [6.45, 7) is 4.86. The van der Waals surface area contributed by atoms with Gasteiger partial charge in [0.2, 0.25) is 0 Å². The lowest BCUT2D eigenvalue weighted by Gasteiger charge is -2.15. The maximum absolute atomic E-state index is 11.9. The summed E-state index contributed by atoms with van der Waals surface area (Å²) in [7, 11) is 0. The Balaban J connectivity index is 1.89. The van der Waals surface area contributed by atoms with Gasteiger partial charge in [-0.05, 0) is 38.8 Å². The molecular formula is C16H22N2O4. The van der Waals surface area contributed by atoms with E-state index >= 15 is 0 Å². The lowest BCUT2D eigenvalue weighted by atomic mass is 10.2. The molecule has 6 heteroatoms. The van der Waals surface area contributed by atoms with Crippen molar-refractivity contribution in [3.8, 4) is 5.75 Å². The van der Waals surface area contributed by atoms with Crippen molar-refractivity contribution in [2.45, 2.75) is 38.9 Å². The third-order valence-electron chi connectivity index (χ3n) is 3.22. The molecule has 2 N–H and O–H groups in total. The zero-order valence-corrected chi connectivity index (χ0v) is 12.9. The second-order valence-corrected chi connectivity index (χ2v) is 5.46. The number of ether oxygens (including phenoxy) is 2. The minimum atomic E-state index is -0.710. The first-order chi connectivity index (χ1) is 10.6. The Morgan fingerprint density at radius 1 is 1.32 bits per heavy atom. The van der Waals surface area contributed by atoms with Crippen LogP contribution in [-0.2, 0) is 14.3 Å². The number of nitrogens with one attached hydrogen (secondary N) is 2. The molecule has 0 aliphatic carbocycles. The number of carbonyl (C=O) groups excluding carboxylic acids is 2. The van der Waals surface area contributed by atoms with Gasteiger partial charge in [0.15, 0.2) is 0 Å². The monoisotopic (exact) mass is 306 g/mol. The lowest BCUT2D eigenvalue weighted by Crippen LogP contribution is -2.39. The molecule has 1 aromatic rings. The molecule has 120 valence electrons. The normalized spacial score (nSPS) is 17.3. The van der Waals surface area contributed by atoms with E-state index in [-0.39, 0.29) is 12.2 Å². The molecule has 0 radical (unpaired) electrons. The Labute approximate surface area is 130 Å². The quantitative estimate of drug-likeness (QED) is 0.812. The Bertz CT molecular complexity index is 525. The zero-order valence-electron chi connectivity index (χ0n) is 12.9. The molecule has 1 atom stereocenters. The summed E-state index contributed by atoms with van der Waals surface area (Å²) < 4.78 is 11.0. The van der Waals surface area contributed by atoms with Gasteiger partial charge >= 0.3 is 11.8 Å². The van der Waals surface area contributed by atoms with E-state index in [1.54, 1.807) is 18.2 Å². The molecule has 0 bridgehead atoms. The van der Waals surface area contributed by atoms with E-state index in [1.165, 1.54) is 0 Å². The van der Waals surface area contributed by atoms with Crippen LogP contribution in [0.25, 0.3) is 0 Å². The molecule has 0 saturated carbocycles. The molecule has 0 spiro atoms. The summed E-state index contributed by atoms with van der Waals surface area (Å²) in [5.41, 5.74) is 0.480. The van der Waals surface area contributed by atoms with E-state index < -0.39 is 11.8 Å². The fourth-order valence-corrected chi connectivity index (χ4v) is 2.20. The van der Waals surface area contributed by atoms with E-state index in [0.717, 1.165) is 12.8 Å². The number of carbonyl (C=O) groups is 2. The van der Waals surface area contributed by atoms with Gasteiger partial charge in [-0.3, -0.25) is 9.59 Å². The van der Waals surface area contributed by atoms with E-state index in [4.69, 9.17) is 9.47 Å². The zero-order chi connectivity index (χ0) is 15.9. The second-order valence-electron chi connectivity index (χ2n) is 5.46. The molecule has 1 aliphatic rings. The van der Waals surface area contributed by atoms with Crippen molar-refractivity contribution in [3.05, 3.63) is 24.3 Å². The van der Waals surface area contributed by atoms with Crippen LogP contribution in [0, 0.1) is 0 Å². The summed E-state index contributed by atoms with van der Waals surface area (Å²) in [5, 5.41) is 5.16. The molecule has 1 saturated heterocycles. The van der Waals surface area contributed by atoms with Crippen molar-refractivity contribution in [2.24, 2.45) is 0 Å². The molecule has 1 fully saturated rings. The highest BCUT2D eigenvalue weighted by Gasteiger charge is 2.20. The first kappa shape index (κ1) is 16.3. The standard InChI is InChI=1S/C16H22N2O4/c1-11(2)22-14-8-4-3-7-13(14)18-16(20)15(19)17-10-12-6-5-9-21-12/h3-4,7-8,11-12H,5-6,9-10H2,1-2H3,(H,17,19)(H,18,20). The molecule has 6 nitrogen and oxygen atoms in total. The van der Waals surface area contributed by atoms with Gasteiger partial charge in [0, 0.05) is 13.2 Å². The molecule has 1 aromatic carbocycles. The number of para-hydroxylation sites is 2. The van der Waals surface area contributed by atoms with Gasteiger partial charge in [0.25, 0.3) is 0 Å². The van der Waals surface area contributed by atoms with Gasteiger partial charge in [0.05, 0.1) is 17.9 Å². The SMILES string of the molecule is CC(C)Oc1ccccc1NC(=O)C(=O)NCC1CCCO1. The van der Waals surface area contributed by atoms with Crippen LogP contribution in [0.3, 0.4) is 0 Å². The summed E-state index contributed by atoms with van der Waals surface area (Å²) in [5.74, 6) is -0.842. The van der Waals surface area contributed by atoms with Crippen LogP contribution in [0.2, 0.25) is 0 Å². The Kier molecular flexibility index (Phi) is 5.77. The van der Waals surface area contributed by atoms with Crippen molar-refractivity contribution in [2.75, 3.05) is 18.5 Å². The molecule has 1 unspecified atom stereocenters. The molecule has 22 heavy (non-hydrogen) atoms. The van der Waals surface area contributed by atoms with Crippen LogP contribution >= 0.6 is 0 Å². The first-order valence-corrected chi connectivity index (χ1v) is 7.52. The number of rotatable bonds is 5. The first-order valence-electron chi connectivity index (χ1n) is 7.52. The smallest absolute Gasteiger partial charge is 0.313 e. The van der Waals surface area contributed by atoms with Crippen LogP contribution in [0.4, 0.5) is 5.69 Å². The van der Waals surface area contributed by atoms with Crippen molar-refractivity contribution >= 4 is 17.5 Å². The highest BCUT2D eigenvalue weighted by Crippen LogP contribution is 2.24. The Hall–Kier alpha value is -2.08. The largest absolute Gasteiger partial charge is 0.489 e. The summed E-state index contributed by atoms with van der Waals surface area (Å²) in [6.07, 6.45) is 1.89. The average molecular weight is 306 g/mol. The topological polar surface area (TPSA) is 76.7 Å². The van der Waals surface area contributed by atoms with Crippen molar-refractivity contribution in [1.29, 1.82) is 0 Å². The fraction of sp³-hybridized carbons (Fsp3) is 0.500. The van der Waals surface area contributed by atoms with Crippen molar-refractivity contribution in [1.82, 2.24) is 5.32 Å². The summed E-state index contributed by atoms with van der Waals surface area (Å²) in [4.78, 5) is 23.8. The Morgan fingerprint density at radius 2 is 2.09 bits per heavy atom. The van der Waals surface area contributed by atoms with E-state index in [2.05, 4.69) is 10.6 Å². The minimum Gasteiger partial charge on any atom is -0.489 e. The van der Waals surface area contributed by atoms with Crippen LogP contribution in [-0.4, -0.2) is 37.2 Å². The van der Waals surface area contributed by atoms with Crippen molar-refractivity contribution in [3.63, 3.8) is 0 Å². The van der Waals surface area contributed by atoms with Crippen LogP contribution in [0.1, 0.15) is 26.7 Å². The molecule has 0 aromatic heterocycles. The summed E-state index contributed by atoms with van der Waals surface area (Å²) in [6, 6.07) is 7.03. The van der Waals surface area contributed by atoms with E-state index in [9.17, 15) is 9.59 Å². The number of benzene rings is 1. The maximum Gasteiger partial charge on any atom is 0.313 e. The third kappa shape index (κ3) is 4.73. The van der Waals surface area contributed by atoms with Gasteiger partial charge in [-0.2, -0.15) is 0 Å². The van der Waals surface area contributed by atoms with Crippen molar-refractivity contribution < 1.29 is 19.1 Å². The summed E-state index contributed by atoms with van der Waals surface area (Å²) >= 11 is 0. The lowest BCUT2D eigenvalue weighted by molar-refractivity contribution is -0.136. The minimum absolute atomic E-state index is 0.00769. The van der Waals surface area contributed by atoms with Crippen LogP contribution in [0.15, 0.2) is 24.3 Å². The van der Waals surface area contributed by atoms with Gasteiger partial charge in [-0.1, -0.05) is 12.1 Å². The van der Waals surface area contributed by atoms with Gasteiger partial charge in [-0.25, -0.2) is 0 Å². The second kappa shape index (κ2) is 7.79. The highest BCUT2D eigenvalue weighted by molar-refractivity contribution is 6.39. The number of hydrogen-bond donors (Lipinski definition) is 2. The van der Waals surface area contributed by atoms with Gasteiger partial charge in [-0.15, -0.1) is 0 Å².